The van der Waals surface area contributed by atoms with Crippen LogP contribution in [0, 0.1) is 0 Å². The number of rotatable bonds is 6. The Morgan fingerprint density at radius 3 is 2.44 bits per heavy atom. The van der Waals surface area contributed by atoms with E-state index in [1.807, 2.05) is 0 Å². The molecule has 1 N–H and O–H groups in total. The molecule has 0 aliphatic rings. The molecule has 0 saturated heterocycles. The Morgan fingerprint density at radius 2 is 1.88 bits per heavy atom. The summed E-state index contributed by atoms with van der Waals surface area (Å²) in [6.45, 7) is 1.46. The number of ether oxygens (including phenoxy) is 2. The number of halogens is 1. The van der Waals surface area contributed by atoms with Crippen molar-refractivity contribution in [2.45, 2.75) is 13.0 Å². The standard InChI is InChI=1S/C18H16ClNO5/c1-11(17(21)22)25-14-6-3-12(4-7-14)10-20-13-5-8-15(16(19)9-13)18(23)24-2/h3-11H,1-2H3,(H,21,22)/t11-/m1/s1. The van der Waals surface area contributed by atoms with Crippen molar-refractivity contribution in [2.24, 2.45) is 4.99 Å². The largest absolute Gasteiger partial charge is 0.479 e. The van der Waals surface area contributed by atoms with Gasteiger partial charge in [0.05, 0.1) is 23.4 Å². The monoisotopic (exact) mass is 361 g/mol. The summed E-state index contributed by atoms with van der Waals surface area (Å²) in [4.78, 5) is 26.5. The Morgan fingerprint density at radius 1 is 1.20 bits per heavy atom. The minimum atomic E-state index is -1.03. The van der Waals surface area contributed by atoms with Gasteiger partial charge in [0.2, 0.25) is 0 Å². The highest BCUT2D eigenvalue weighted by Gasteiger charge is 2.12. The summed E-state index contributed by atoms with van der Waals surface area (Å²) in [5.41, 5.74) is 1.65. The third kappa shape index (κ3) is 5.06. The molecule has 1 atom stereocenters. The fraction of sp³-hybridized carbons (Fsp3) is 0.167. The number of hydrogen-bond donors (Lipinski definition) is 1. The molecule has 0 bridgehead atoms. The van der Waals surface area contributed by atoms with Gasteiger partial charge in [0.1, 0.15) is 5.75 Å². The Bertz CT molecular complexity index is 802. The number of carbonyl (C=O) groups excluding carboxylic acids is 1. The number of aliphatic carboxylic acids is 1. The van der Waals surface area contributed by atoms with Crippen molar-refractivity contribution >= 4 is 35.4 Å². The van der Waals surface area contributed by atoms with Crippen molar-refractivity contribution in [3.63, 3.8) is 0 Å². The van der Waals surface area contributed by atoms with Crippen molar-refractivity contribution in [3.05, 3.63) is 58.6 Å². The van der Waals surface area contributed by atoms with E-state index in [4.69, 9.17) is 21.4 Å². The molecule has 130 valence electrons. The van der Waals surface area contributed by atoms with E-state index in [1.54, 1.807) is 48.7 Å². The number of carbonyl (C=O) groups is 2. The van der Waals surface area contributed by atoms with E-state index in [-0.39, 0.29) is 10.6 Å². The fourth-order valence-corrected chi connectivity index (χ4v) is 2.15. The molecule has 0 spiro atoms. The lowest BCUT2D eigenvalue weighted by Gasteiger charge is -2.09. The van der Waals surface area contributed by atoms with Crippen LogP contribution in [0.2, 0.25) is 5.02 Å². The van der Waals surface area contributed by atoms with Crippen LogP contribution >= 0.6 is 11.6 Å². The molecule has 0 radical (unpaired) electrons. The number of carboxylic acid groups (broad SMARTS) is 1. The Hall–Kier alpha value is -2.86. The maximum atomic E-state index is 11.5. The first-order chi connectivity index (χ1) is 11.9. The first-order valence-electron chi connectivity index (χ1n) is 7.32. The average molecular weight is 362 g/mol. The van der Waals surface area contributed by atoms with Gasteiger partial charge in [0, 0.05) is 6.21 Å². The summed E-state index contributed by atoms with van der Waals surface area (Å²) in [7, 11) is 1.29. The number of methoxy groups -OCH3 is 1. The highest BCUT2D eigenvalue weighted by Crippen LogP contribution is 2.23. The van der Waals surface area contributed by atoms with Gasteiger partial charge in [-0.25, -0.2) is 9.59 Å². The Balaban J connectivity index is 2.08. The van der Waals surface area contributed by atoms with Crippen LogP contribution in [0.3, 0.4) is 0 Å². The van der Waals surface area contributed by atoms with E-state index in [9.17, 15) is 9.59 Å². The van der Waals surface area contributed by atoms with Gasteiger partial charge < -0.3 is 14.6 Å². The quantitative estimate of drug-likeness (QED) is 0.626. The third-order valence-electron chi connectivity index (χ3n) is 3.26. The maximum absolute atomic E-state index is 11.5. The van der Waals surface area contributed by atoms with Crippen LogP contribution < -0.4 is 4.74 Å². The van der Waals surface area contributed by atoms with Gasteiger partial charge >= 0.3 is 11.9 Å². The molecule has 0 heterocycles. The van der Waals surface area contributed by atoms with E-state index >= 15 is 0 Å². The number of hydrogen-bond acceptors (Lipinski definition) is 5. The number of esters is 1. The van der Waals surface area contributed by atoms with Crippen LogP contribution in [0.25, 0.3) is 0 Å². The first-order valence-corrected chi connectivity index (χ1v) is 7.70. The van der Waals surface area contributed by atoms with Crippen molar-refractivity contribution in [2.75, 3.05) is 7.11 Å². The molecule has 2 rings (SSSR count). The zero-order valence-corrected chi connectivity index (χ0v) is 14.4. The van der Waals surface area contributed by atoms with Crippen LogP contribution in [0.15, 0.2) is 47.5 Å². The van der Waals surface area contributed by atoms with Crippen LogP contribution in [-0.2, 0) is 9.53 Å². The van der Waals surface area contributed by atoms with Crippen molar-refractivity contribution < 1.29 is 24.2 Å². The molecule has 0 saturated carbocycles. The second-order valence-electron chi connectivity index (χ2n) is 5.08. The van der Waals surface area contributed by atoms with Crippen molar-refractivity contribution in [3.8, 4) is 5.75 Å². The molecule has 7 heteroatoms. The van der Waals surface area contributed by atoms with Gasteiger partial charge in [-0.3, -0.25) is 4.99 Å². The van der Waals surface area contributed by atoms with Gasteiger partial charge in [-0.15, -0.1) is 0 Å². The Kier molecular flexibility index (Phi) is 6.14. The highest BCUT2D eigenvalue weighted by atomic mass is 35.5. The topological polar surface area (TPSA) is 85.2 Å². The van der Waals surface area contributed by atoms with E-state index in [0.717, 1.165) is 5.56 Å². The molecular weight excluding hydrogens is 346 g/mol. The molecule has 0 aliphatic heterocycles. The molecule has 0 amide bonds. The van der Waals surface area contributed by atoms with E-state index in [0.29, 0.717) is 11.4 Å². The lowest BCUT2D eigenvalue weighted by Crippen LogP contribution is -2.22. The van der Waals surface area contributed by atoms with Crippen molar-refractivity contribution in [1.82, 2.24) is 0 Å². The van der Waals surface area contributed by atoms with Crippen LogP contribution in [0.4, 0.5) is 5.69 Å². The fourth-order valence-electron chi connectivity index (χ4n) is 1.90. The zero-order chi connectivity index (χ0) is 18.4. The Labute approximate surface area is 149 Å². The summed E-state index contributed by atoms with van der Waals surface area (Å²) in [5, 5.41) is 9.07. The van der Waals surface area contributed by atoms with Crippen LogP contribution in [0.1, 0.15) is 22.8 Å². The summed E-state index contributed by atoms with van der Waals surface area (Å²) in [5.74, 6) is -1.08. The second-order valence-corrected chi connectivity index (χ2v) is 5.49. The van der Waals surface area contributed by atoms with Gasteiger partial charge in [-0.1, -0.05) is 11.6 Å². The molecule has 0 aromatic heterocycles. The summed E-state index contributed by atoms with van der Waals surface area (Å²) < 4.78 is 9.88. The zero-order valence-electron chi connectivity index (χ0n) is 13.6. The normalized spacial score (nSPS) is 12.0. The van der Waals surface area contributed by atoms with Crippen LogP contribution in [0.5, 0.6) is 5.75 Å². The van der Waals surface area contributed by atoms with Gasteiger partial charge in [-0.05, 0) is 55.0 Å². The molecule has 0 unspecified atom stereocenters. The number of benzene rings is 2. The SMILES string of the molecule is COC(=O)c1ccc(N=Cc2ccc(O[C@H](C)C(=O)O)cc2)cc1Cl. The van der Waals surface area contributed by atoms with Gasteiger partial charge in [-0.2, -0.15) is 0 Å². The van der Waals surface area contributed by atoms with E-state index in [2.05, 4.69) is 9.73 Å². The lowest BCUT2D eigenvalue weighted by atomic mass is 10.2. The van der Waals surface area contributed by atoms with Crippen molar-refractivity contribution in [1.29, 1.82) is 0 Å². The predicted octanol–water partition coefficient (Wildman–Crippen LogP) is 3.73. The molecule has 2 aromatic carbocycles. The number of carboxylic acids is 1. The van der Waals surface area contributed by atoms with E-state index in [1.165, 1.54) is 14.0 Å². The number of aliphatic imine (C=N–C) groups is 1. The summed E-state index contributed by atoms with van der Waals surface area (Å²) >= 11 is 6.04. The second kappa shape index (κ2) is 8.30. The first kappa shape index (κ1) is 18.5. The summed E-state index contributed by atoms with van der Waals surface area (Å²) in [6.07, 6.45) is 0.698. The smallest absolute Gasteiger partial charge is 0.344 e. The van der Waals surface area contributed by atoms with Gasteiger partial charge in [0.25, 0.3) is 0 Å². The molecule has 2 aromatic rings. The van der Waals surface area contributed by atoms with E-state index < -0.39 is 18.0 Å². The molecule has 25 heavy (non-hydrogen) atoms. The minimum absolute atomic E-state index is 0.257. The number of nitrogens with zero attached hydrogens (tertiary/aromatic N) is 1. The van der Waals surface area contributed by atoms with Crippen LogP contribution in [-0.4, -0.2) is 36.5 Å². The third-order valence-corrected chi connectivity index (χ3v) is 3.57. The maximum Gasteiger partial charge on any atom is 0.344 e. The van der Waals surface area contributed by atoms with Gasteiger partial charge in [0.15, 0.2) is 6.10 Å². The molecule has 0 fully saturated rings. The predicted molar refractivity (Wildman–Crippen MR) is 94.2 cm³/mol. The molecule has 0 aliphatic carbocycles. The molecular formula is C18H16ClNO5. The minimum Gasteiger partial charge on any atom is -0.479 e. The lowest BCUT2D eigenvalue weighted by molar-refractivity contribution is -0.144. The summed E-state index contributed by atoms with van der Waals surface area (Å²) in [6, 6.07) is 11.6. The highest BCUT2D eigenvalue weighted by molar-refractivity contribution is 6.33. The average Bonchev–Trinajstić information content (AvgIpc) is 2.60. The molecule has 6 nitrogen and oxygen atoms in total.